The van der Waals surface area contributed by atoms with E-state index in [0.29, 0.717) is 0 Å². The van der Waals surface area contributed by atoms with Crippen LogP contribution in [0.5, 0.6) is 0 Å². The zero-order valence-electron chi connectivity index (χ0n) is 5.70. The summed E-state index contributed by atoms with van der Waals surface area (Å²) in [4.78, 5) is 0. The molecule has 5 fully saturated rings. The predicted molar refractivity (Wildman–Crippen MR) is 32.7 cm³/mol. The SMILES string of the molecule is CC12C3(CC3)C13C1CC123. The molecule has 5 aliphatic rings. The fourth-order valence-corrected chi connectivity index (χ4v) is 5.80. The first kappa shape index (κ1) is 3.41. The van der Waals surface area contributed by atoms with Crippen LogP contribution in [-0.4, -0.2) is 0 Å². The van der Waals surface area contributed by atoms with Gasteiger partial charge >= 0.3 is 0 Å². The molecule has 0 aromatic heterocycles. The van der Waals surface area contributed by atoms with Crippen molar-refractivity contribution in [3.63, 3.8) is 0 Å². The average Bonchev–Trinajstić information content (AvgIpc) is 2.63. The Morgan fingerprint density at radius 3 is 2.22 bits per heavy atom. The van der Waals surface area contributed by atoms with Gasteiger partial charge in [-0.05, 0) is 46.8 Å². The summed E-state index contributed by atoms with van der Waals surface area (Å²) < 4.78 is 0. The highest BCUT2D eigenvalue weighted by molar-refractivity contribution is 5.78. The van der Waals surface area contributed by atoms with Gasteiger partial charge in [-0.2, -0.15) is 0 Å². The lowest BCUT2D eigenvalue weighted by molar-refractivity contribution is 0.401. The molecule has 0 aromatic carbocycles. The molecule has 4 atom stereocenters. The van der Waals surface area contributed by atoms with Crippen LogP contribution in [0.25, 0.3) is 0 Å². The minimum Gasteiger partial charge on any atom is -0.0579 e. The summed E-state index contributed by atoms with van der Waals surface area (Å²) in [7, 11) is 0. The van der Waals surface area contributed by atoms with Crippen LogP contribution in [0.4, 0.5) is 0 Å². The lowest BCUT2D eigenvalue weighted by Gasteiger charge is -2.06. The molecule has 5 rings (SSSR count). The number of rotatable bonds is 0. The largest absolute Gasteiger partial charge is 0.0579 e. The van der Waals surface area contributed by atoms with Gasteiger partial charge in [-0.15, -0.1) is 0 Å². The fourth-order valence-electron chi connectivity index (χ4n) is 5.80. The van der Waals surface area contributed by atoms with Crippen molar-refractivity contribution < 1.29 is 0 Å². The van der Waals surface area contributed by atoms with Gasteiger partial charge < -0.3 is 0 Å². The second-order valence-electron chi connectivity index (χ2n) is 5.24. The molecule has 0 heteroatoms. The summed E-state index contributed by atoms with van der Waals surface area (Å²) in [6.45, 7) is 2.57. The van der Waals surface area contributed by atoms with Crippen molar-refractivity contribution in [3.8, 4) is 0 Å². The third-order valence-electron chi connectivity index (χ3n) is 6.12. The van der Waals surface area contributed by atoms with Crippen LogP contribution < -0.4 is 0 Å². The molecule has 5 aliphatic carbocycles. The molecule has 0 radical (unpaired) electrons. The summed E-state index contributed by atoms with van der Waals surface area (Å²) in [5, 5.41) is 0. The first-order valence-electron chi connectivity index (χ1n) is 4.30. The lowest BCUT2D eigenvalue weighted by atomic mass is 9.97. The Bertz CT molecular complexity index is 274. The van der Waals surface area contributed by atoms with Gasteiger partial charge in [0, 0.05) is 0 Å². The van der Waals surface area contributed by atoms with Crippen molar-refractivity contribution in [1.82, 2.24) is 0 Å². The summed E-state index contributed by atoms with van der Waals surface area (Å²) in [5.41, 5.74) is 4.10. The van der Waals surface area contributed by atoms with E-state index in [4.69, 9.17) is 0 Å². The Balaban J connectivity index is 1.95. The topological polar surface area (TPSA) is 0 Å². The molecule has 4 unspecified atom stereocenters. The molecular formula is C9H10. The first-order chi connectivity index (χ1) is 4.30. The molecule has 0 N–H and O–H groups in total. The quantitative estimate of drug-likeness (QED) is 0.455. The van der Waals surface area contributed by atoms with E-state index in [1.165, 1.54) is 5.92 Å². The Kier molecular flexibility index (Phi) is 0.165. The van der Waals surface area contributed by atoms with Crippen LogP contribution in [0.3, 0.4) is 0 Å². The van der Waals surface area contributed by atoms with E-state index in [-0.39, 0.29) is 0 Å². The lowest BCUT2D eigenvalue weighted by Crippen LogP contribution is -2.02. The van der Waals surface area contributed by atoms with Gasteiger partial charge in [-0.3, -0.25) is 0 Å². The highest BCUT2D eigenvalue weighted by Crippen LogP contribution is 3.35. The Morgan fingerprint density at radius 2 is 2.11 bits per heavy atom. The molecule has 0 aliphatic heterocycles. The van der Waals surface area contributed by atoms with Crippen molar-refractivity contribution in [2.75, 3.05) is 0 Å². The minimum absolute atomic E-state index is 0.970. The molecule has 0 aromatic rings. The van der Waals surface area contributed by atoms with Gasteiger partial charge in [0.25, 0.3) is 0 Å². The number of fused-ring (bicyclic) bond motifs is 1. The van der Waals surface area contributed by atoms with Crippen LogP contribution in [0, 0.1) is 27.6 Å². The maximum absolute atomic E-state index is 2.57. The van der Waals surface area contributed by atoms with E-state index in [1.807, 2.05) is 0 Å². The smallest absolute Gasteiger partial charge is 0.00711 e. The molecule has 46 valence electrons. The zero-order chi connectivity index (χ0) is 5.70. The standard InChI is InChI=1S/C9H10/c1-6-7(2-3-7)9(6)5-4-8(5,6)9/h5H,2-4H2,1H3. The summed E-state index contributed by atoms with van der Waals surface area (Å²) in [5.74, 6) is 1.29. The number of hydrogen-bond donors (Lipinski definition) is 0. The Morgan fingerprint density at radius 1 is 1.33 bits per heavy atom. The van der Waals surface area contributed by atoms with Gasteiger partial charge in [0.15, 0.2) is 0 Å². The van der Waals surface area contributed by atoms with Crippen molar-refractivity contribution >= 4 is 0 Å². The second kappa shape index (κ2) is 0.436. The van der Waals surface area contributed by atoms with Gasteiger partial charge in [-0.25, -0.2) is 0 Å². The fraction of sp³-hybridized carbons (Fsp3) is 1.00. The van der Waals surface area contributed by atoms with E-state index in [0.717, 1.165) is 21.7 Å². The van der Waals surface area contributed by atoms with Crippen molar-refractivity contribution in [2.45, 2.75) is 26.2 Å². The molecule has 0 nitrogen and oxygen atoms in total. The molecule has 9 heavy (non-hydrogen) atoms. The highest BCUT2D eigenvalue weighted by atomic mass is 15.3. The van der Waals surface area contributed by atoms with Gasteiger partial charge in [0.05, 0.1) is 0 Å². The van der Waals surface area contributed by atoms with Crippen LogP contribution >= 0.6 is 0 Å². The summed E-state index contributed by atoms with van der Waals surface area (Å²) in [6, 6.07) is 0. The summed E-state index contributed by atoms with van der Waals surface area (Å²) >= 11 is 0. The molecule has 0 saturated heterocycles. The third-order valence-corrected chi connectivity index (χ3v) is 6.12. The van der Waals surface area contributed by atoms with Crippen LogP contribution in [0.1, 0.15) is 26.2 Å². The molecule has 0 bridgehead atoms. The van der Waals surface area contributed by atoms with E-state index in [1.54, 1.807) is 19.3 Å². The maximum atomic E-state index is 2.57. The van der Waals surface area contributed by atoms with Crippen molar-refractivity contribution in [1.29, 1.82) is 0 Å². The minimum atomic E-state index is 0.970. The van der Waals surface area contributed by atoms with Gasteiger partial charge in [0.1, 0.15) is 0 Å². The van der Waals surface area contributed by atoms with Crippen molar-refractivity contribution in [3.05, 3.63) is 0 Å². The van der Waals surface area contributed by atoms with E-state index in [9.17, 15) is 0 Å². The van der Waals surface area contributed by atoms with E-state index < -0.39 is 0 Å². The molecule has 5 saturated carbocycles. The van der Waals surface area contributed by atoms with Crippen LogP contribution in [0.15, 0.2) is 0 Å². The highest BCUT2D eigenvalue weighted by Gasteiger charge is 3.32. The second-order valence-corrected chi connectivity index (χ2v) is 5.24. The zero-order valence-corrected chi connectivity index (χ0v) is 5.70. The normalized spacial score (nSPS) is 95.0. The van der Waals surface area contributed by atoms with Crippen LogP contribution in [0.2, 0.25) is 0 Å². The average molecular weight is 118 g/mol. The van der Waals surface area contributed by atoms with Gasteiger partial charge in [0.2, 0.25) is 0 Å². The van der Waals surface area contributed by atoms with Crippen LogP contribution in [-0.2, 0) is 0 Å². The maximum Gasteiger partial charge on any atom is -0.00711 e. The monoisotopic (exact) mass is 118 g/mol. The molecule has 3 spiro atoms. The van der Waals surface area contributed by atoms with Crippen molar-refractivity contribution in [2.24, 2.45) is 27.6 Å². The number of hydrogen-bond acceptors (Lipinski definition) is 0. The first-order valence-corrected chi connectivity index (χ1v) is 4.30. The molecule has 0 heterocycles. The van der Waals surface area contributed by atoms with Gasteiger partial charge in [-0.1, -0.05) is 6.92 Å². The molecule has 0 amide bonds. The van der Waals surface area contributed by atoms with E-state index >= 15 is 0 Å². The third kappa shape index (κ3) is 0.0827. The van der Waals surface area contributed by atoms with E-state index in [2.05, 4.69) is 6.92 Å². The Labute approximate surface area is 54.6 Å². The Hall–Kier alpha value is 0. The molecular weight excluding hydrogens is 108 g/mol. The summed E-state index contributed by atoms with van der Waals surface area (Å²) in [6.07, 6.45) is 4.87. The predicted octanol–water partition coefficient (Wildman–Crippen LogP) is 1.81.